The number of rotatable bonds is 2. The molecule has 2 unspecified atom stereocenters. The van der Waals surface area contributed by atoms with E-state index in [9.17, 15) is 18.3 Å². The van der Waals surface area contributed by atoms with Crippen molar-refractivity contribution in [2.75, 3.05) is 13.2 Å². The fourth-order valence-electron chi connectivity index (χ4n) is 1.79. The van der Waals surface area contributed by atoms with Gasteiger partial charge in [0.15, 0.2) is 0 Å². The normalized spacial score (nSPS) is 22.7. The summed E-state index contributed by atoms with van der Waals surface area (Å²) in [5.41, 5.74) is -0.551. The zero-order valence-electron chi connectivity index (χ0n) is 8.94. The molecule has 0 aliphatic carbocycles. The Morgan fingerprint density at radius 1 is 1.41 bits per heavy atom. The van der Waals surface area contributed by atoms with E-state index in [1.165, 1.54) is 6.07 Å². The topological polar surface area (TPSA) is 42.4 Å². The van der Waals surface area contributed by atoms with Gasteiger partial charge in [-0.15, -0.1) is 0 Å². The van der Waals surface area contributed by atoms with E-state index in [0.717, 1.165) is 12.3 Å². The summed E-state index contributed by atoms with van der Waals surface area (Å²) in [7, 11) is 0. The molecule has 1 aliphatic rings. The minimum Gasteiger partial charge on any atom is -0.386 e. The molecule has 17 heavy (non-hydrogen) atoms. The van der Waals surface area contributed by atoms with Gasteiger partial charge < -0.3 is 9.84 Å². The van der Waals surface area contributed by atoms with E-state index < -0.39 is 17.8 Å². The van der Waals surface area contributed by atoms with Gasteiger partial charge in [-0.2, -0.15) is 13.2 Å². The zero-order chi connectivity index (χ0) is 12.5. The molecule has 0 bridgehead atoms. The summed E-state index contributed by atoms with van der Waals surface area (Å²) in [5, 5.41) is 9.89. The summed E-state index contributed by atoms with van der Waals surface area (Å²) < 4.78 is 42.0. The monoisotopic (exact) mass is 247 g/mol. The Morgan fingerprint density at radius 2 is 2.18 bits per heavy atom. The van der Waals surface area contributed by atoms with Crippen LogP contribution in [0.5, 0.6) is 0 Å². The largest absolute Gasteiger partial charge is 0.417 e. The van der Waals surface area contributed by atoms with Gasteiger partial charge in [-0.25, -0.2) is 0 Å². The van der Waals surface area contributed by atoms with Gasteiger partial charge in [-0.1, -0.05) is 0 Å². The van der Waals surface area contributed by atoms with Crippen LogP contribution in [0.2, 0.25) is 0 Å². The Bertz CT molecular complexity index is 371. The number of aliphatic hydroxyl groups excluding tert-OH is 1. The van der Waals surface area contributed by atoms with Crippen molar-refractivity contribution in [2.45, 2.75) is 18.7 Å². The average molecular weight is 247 g/mol. The Morgan fingerprint density at radius 3 is 2.65 bits per heavy atom. The maximum absolute atomic E-state index is 12.3. The van der Waals surface area contributed by atoms with Crippen molar-refractivity contribution in [1.29, 1.82) is 0 Å². The third-order valence-corrected chi connectivity index (χ3v) is 2.83. The van der Waals surface area contributed by atoms with Gasteiger partial charge in [-0.3, -0.25) is 4.98 Å². The molecule has 0 amide bonds. The van der Waals surface area contributed by atoms with Crippen molar-refractivity contribution in [3.8, 4) is 0 Å². The van der Waals surface area contributed by atoms with Crippen LogP contribution in [0.3, 0.4) is 0 Å². The molecule has 2 rings (SSSR count). The Kier molecular flexibility index (Phi) is 3.35. The fourth-order valence-corrected chi connectivity index (χ4v) is 1.79. The van der Waals surface area contributed by atoms with Crippen molar-refractivity contribution in [1.82, 2.24) is 4.98 Å². The first-order valence-electron chi connectivity index (χ1n) is 5.27. The fraction of sp³-hybridized carbons (Fsp3) is 0.545. The van der Waals surface area contributed by atoms with Crippen molar-refractivity contribution in [2.24, 2.45) is 5.92 Å². The molecule has 0 radical (unpaired) electrons. The van der Waals surface area contributed by atoms with Gasteiger partial charge in [0, 0.05) is 18.7 Å². The summed E-state index contributed by atoms with van der Waals surface area (Å²) in [5.74, 6) is -0.0840. The van der Waals surface area contributed by atoms with Crippen LogP contribution >= 0.6 is 0 Å². The van der Waals surface area contributed by atoms with E-state index in [2.05, 4.69) is 4.98 Å². The van der Waals surface area contributed by atoms with Crippen LogP contribution in [-0.2, 0) is 10.9 Å². The molecule has 1 saturated heterocycles. The van der Waals surface area contributed by atoms with E-state index in [1.807, 2.05) is 0 Å². The number of aliphatic hydroxyl groups is 1. The van der Waals surface area contributed by atoms with Gasteiger partial charge in [0.2, 0.25) is 0 Å². The second-order valence-corrected chi connectivity index (χ2v) is 4.04. The molecule has 6 heteroatoms. The maximum Gasteiger partial charge on any atom is 0.417 e. The molecule has 1 N–H and O–H groups in total. The van der Waals surface area contributed by atoms with Crippen LogP contribution in [0.15, 0.2) is 18.3 Å². The average Bonchev–Trinajstić information content (AvgIpc) is 2.80. The lowest BCUT2D eigenvalue weighted by atomic mass is 9.98. The minimum atomic E-state index is -4.40. The van der Waals surface area contributed by atoms with Gasteiger partial charge in [-0.05, 0) is 18.6 Å². The molecule has 1 aromatic heterocycles. The quantitative estimate of drug-likeness (QED) is 0.870. The molecule has 94 valence electrons. The van der Waals surface area contributed by atoms with Crippen molar-refractivity contribution in [3.63, 3.8) is 0 Å². The first-order valence-corrected chi connectivity index (χ1v) is 5.27. The van der Waals surface area contributed by atoms with Gasteiger partial charge in [0.25, 0.3) is 0 Å². The predicted molar refractivity (Wildman–Crippen MR) is 53.1 cm³/mol. The van der Waals surface area contributed by atoms with Crippen molar-refractivity contribution < 1.29 is 23.0 Å². The summed E-state index contributed by atoms with van der Waals surface area (Å²) in [4.78, 5) is 3.66. The van der Waals surface area contributed by atoms with Gasteiger partial charge in [0.1, 0.15) is 6.10 Å². The number of hydrogen-bond donors (Lipinski definition) is 1. The highest BCUT2D eigenvalue weighted by Crippen LogP contribution is 2.31. The molecule has 0 spiro atoms. The second-order valence-electron chi connectivity index (χ2n) is 4.04. The molecule has 2 heterocycles. The van der Waals surface area contributed by atoms with Crippen molar-refractivity contribution in [3.05, 3.63) is 29.6 Å². The molecular formula is C11H12F3NO2. The van der Waals surface area contributed by atoms with Crippen LogP contribution < -0.4 is 0 Å². The summed E-state index contributed by atoms with van der Waals surface area (Å²) in [6, 6.07) is 2.15. The predicted octanol–water partition coefficient (Wildman–Crippen LogP) is 2.17. The molecule has 2 atom stereocenters. The smallest absolute Gasteiger partial charge is 0.386 e. The first-order chi connectivity index (χ1) is 7.98. The lowest BCUT2D eigenvalue weighted by molar-refractivity contribution is -0.137. The number of aromatic nitrogens is 1. The number of pyridine rings is 1. The zero-order valence-corrected chi connectivity index (χ0v) is 8.94. The number of ether oxygens (including phenoxy) is 1. The third-order valence-electron chi connectivity index (χ3n) is 2.83. The van der Waals surface area contributed by atoms with Crippen LogP contribution in [0.25, 0.3) is 0 Å². The first kappa shape index (κ1) is 12.3. The molecule has 0 saturated carbocycles. The minimum absolute atomic E-state index is 0.0840. The van der Waals surface area contributed by atoms with Crippen LogP contribution in [-0.4, -0.2) is 23.3 Å². The Labute approximate surface area is 96.2 Å². The van der Waals surface area contributed by atoms with Gasteiger partial charge in [0.05, 0.1) is 17.9 Å². The Balaban J connectivity index is 2.12. The van der Waals surface area contributed by atoms with Gasteiger partial charge >= 0.3 is 6.18 Å². The molecular weight excluding hydrogens is 235 g/mol. The van der Waals surface area contributed by atoms with Crippen molar-refractivity contribution >= 4 is 0 Å². The van der Waals surface area contributed by atoms with Crippen LogP contribution in [0.1, 0.15) is 23.8 Å². The SMILES string of the molecule is OC(c1ccc(C(F)(F)F)cn1)C1CCOC1. The number of alkyl halides is 3. The number of hydrogen-bond acceptors (Lipinski definition) is 3. The standard InChI is InChI=1S/C11H12F3NO2/c12-11(13,14)8-1-2-9(15-5-8)10(16)7-3-4-17-6-7/h1-2,5,7,10,16H,3-4,6H2. The maximum atomic E-state index is 12.3. The van der Waals surface area contributed by atoms with E-state index in [1.54, 1.807) is 0 Å². The van der Waals surface area contributed by atoms with Crippen LogP contribution in [0.4, 0.5) is 13.2 Å². The summed E-state index contributed by atoms with van der Waals surface area (Å²) in [6.07, 6.45) is -3.81. The van der Waals surface area contributed by atoms with Crippen LogP contribution in [0, 0.1) is 5.92 Å². The molecule has 0 aromatic carbocycles. The molecule has 1 aliphatic heterocycles. The lowest BCUT2D eigenvalue weighted by Gasteiger charge is -2.16. The number of halogens is 3. The highest BCUT2D eigenvalue weighted by Gasteiger charge is 2.32. The number of nitrogens with zero attached hydrogens (tertiary/aromatic N) is 1. The van der Waals surface area contributed by atoms with E-state index >= 15 is 0 Å². The van der Waals surface area contributed by atoms with E-state index in [0.29, 0.717) is 19.6 Å². The summed E-state index contributed by atoms with van der Waals surface area (Å²) >= 11 is 0. The molecule has 1 aromatic rings. The molecule has 1 fully saturated rings. The second kappa shape index (κ2) is 4.62. The Hall–Kier alpha value is -1.14. The molecule has 3 nitrogen and oxygen atoms in total. The van der Waals surface area contributed by atoms with E-state index in [4.69, 9.17) is 4.74 Å². The van der Waals surface area contributed by atoms with E-state index in [-0.39, 0.29) is 11.6 Å². The lowest BCUT2D eigenvalue weighted by Crippen LogP contribution is -2.14. The highest BCUT2D eigenvalue weighted by molar-refractivity contribution is 5.18. The highest BCUT2D eigenvalue weighted by atomic mass is 19.4. The summed E-state index contributed by atoms with van der Waals surface area (Å²) in [6.45, 7) is 0.992. The third kappa shape index (κ3) is 2.76.